The average Bonchev–Trinajstić information content (AvgIpc) is 3.00. The van der Waals surface area contributed by atoms with Gasteiger partial charge in [-0.15, -0.1) is 0 Å². The van der Waals surface area contributed by atoms with E-state index in [0.29, 0.717) is 16.8 Å². The van der Waals surface area contributed by atoms with Crippen LogP contribution >= 0.6 is 15.9 Å². The molecule has 1 aliphatic rings. The summed E-state index contributed by atoms with van der Waals surface area (Å²) < 4.78 is 14.3. The third kappa shape index (κ3) is 3.55. The van der Waals surface area contributed by atoms with Crippen molar-refractivity contribution >= 4 is 39.1 Å². The van der Waals surface area contributed by atoms with Crippen LogP contribution in [0.15, 0.2) is 82.8 Å². The lowest BCUT2D eigenvalue weighted by Gasteiger charge is -2.25. The quantitative estimate of drug-likeness (QED) is 0.314. The largest absolute Gasteiger partial charge is 0.507 e. The number of ketones is 1. The van der Waals surface area contributed by atoms with Crippen LogP contribution in [0.1, 0.15) is 22.7 Å². The number of carbonyl (C=O) groups excluding carboxylic acids is 2. The van der Waals surface area contributed by atoms with Crippen LogP contribution in [0.4, 0.5) is 10.1 Å². The number of aryl methyl sites for hydroxylation is 1. The second-order valence-corrected chi connectivity index (χ2v) is 7.98. The molecule has 4 nitrogen and oxygen atoms in total. The number of Topliss-reactive ketones (excluding diaryl/α,β-unsaturated/α-hetero) is 1. The van der Waals surface area contributed by atoms with Crippen molar-refractivity contribution in [2.24, 2.45) is 0 Å². The molecule has 0 aliphatic carbocycles. The maximum absolute atomic E-state index is 13.4. The van der Waals surface area contributed by atoms with Gasteiger partial charge in [0.05, 0.1) is 11.6 Å². The molecule has 0 bridgehead atoms. The lowest BCUT2D eigenvalue weighted by Crippen LogP contribution is -2.29. The standard InChI is InChI=1S/C24H17BrFNO3/c1-14-2-4-16(5-3-14)22(28)20-21(15-6-8-17(25)9-7-15)27(24(30)23(20)29)19-12-10-18(26)11-13-19/h2-13,21,28H,1H3/t21-/m0/s1. The molecule has 0 spiro atoms. The summed E-state index contributed by atoms with van der Waals surface area (Å²) >= 11 is 3.38. The van der Waals surface area contributed by atoms with Crippen LogP contribution in [0.3, 0.4) is 0 Å². The van der Waals surface area contributed by atoms with E-state index in [2.05, 4.69) is 15.9 Å². The van der Waals surface area contributed by atoms with E-state index in [1.54, 1.807) is 36.4 Å². The second kappa shape index (κ2) is 7.88. The second-order valence-electron chi connectivity index (χ2n) is 7.06. The fourth-order valence-corrected chi connectivity index (χ4v) is 3.79. The van der Waals surface area contributed by atoms with Crippen molar-refractivity contribution in [2.75, 3.05) is 4.90 Å². The first-order chi connectivity index (χ1) is 14.4. The highest BCUT2D eigenvalue weighted by Gasteiger charge is 2.46. The van der Waals surface area contributed by atoms with E-state index in [1.807, 2.05) is 19.1 Å². The number of benzene rings is 3. The first kappa shape index (κ1) is 20.0. The Hall–Kier alpha value is -3.25. The Kier molecular flexibility index (Phi) is 5.26. The van der Waals surface area contributed by atoms with Crippen molar-refractivity contribution in [2.45, 2.75) is 13.0 Å². The number of hydrogen-bond acceptors (Lipinski definition) is 3. The number of amides is 1. The number of hydrogen-bond donors (Lipinski definition) is 1. The smallest absolute Gasteiger partial charge is 0.300 e. The van der Waals surface area contributed by atoms with E-state index in [1.165, 1.54) is 29.2 Å². The van der Waals surface area contributed by atoms with Crippen molar-refractivity contribution in [1.29, 1.82) is 0 Å². The Morgan fingerprint density at radius 3 is 2.13 bits per heavy atom. The van der Waals surface area contributed by atoms with Gasteiger partial charge in [0.25, 0.3) is 11.7 Å². The van der Waals surface area contributed by atoms with E-state index in [9.17, 15) is 19.1 Å². The highest BCUT2D eigenvalue weighted by Crippen LogP contribution is 2.42. The highest BCUT2D eigenvalue weighted by atomic mass is 79.9. The van der Waals surface area contributed by atoms with Crippen molar-refractivity contribution in [3.8, 4) is 0 Å². The predicted octanol–water partition coefficient (Wildman–Crippen LogP) is 5.52. The van der Waals surface area contributed by atoms with Crippen molar-refractivity contribution in [1.82, 2.24) is 0 Å². The van der Waals surface area contributed by atoms with E-state index in [0.717, 1.165) is 10.0 Å². The fourth-order valence-electron chi connectivity index (χ4n) is 3.53. The van der Waals surface area contributed by atoms with Crippen LogP contribution in [-0.4, -0.2) is 16.8 Å². The number of carbonyl (C=O) groups is 2. The molecule has 0 saturated carbocycles. The van der Waals surface area contributed by atoms with Gasteiger partial charge in [-0.1, -0.05) is 57.9 Å². The molecule has 6 heteroatoms. The summed E-state index contributed by atoms with van der Waals surface area (Å²) in [6.45, 7) is 1.92. The van der Waals surface area contributed by atoms with Crippen LogP contribution in [-0.2, 0) is 9.59 Å². The first-order valence-corrected chi connectivity index (χ1v) is 10.0. The number of halogens is 2. The highest BCUT2D eigenvalue weighted by molar-refractivity contribution is 9.10. The van der Waals surface area contributed by atoms with Crippen LogP contribution < -0.4 is 4.90 Å². The van der Waals surface area contributed by atoms with Crippen molar-refractivity contribution < 1.29 is 19.1 Å². The average molecular weight is 466 g/mol. The zero-order valence-electron chi connectivity index (χ0n) is 16.0. The number of nitrogens with zero attached hydrogens (tertiary/aromatic N) is 1. The summed E-state index contributed by atoms with van der Waals surface area (Å²) in [6, 6.07) is 18.7. The normalized spacial score (nSPS) is 18.1. The van der Waals surface area contributed by atoms with Crippen molar-refractivity contribution in [3.63, 3.8) is 0 Å². The van der Waals surface area contributed by atoms with E-state index in [-0.39, 0.29) is 11.3 Å². The fraction of sp³-hybridized carbons (Fsp3) is 0.0833. The summed E-state index contributed by atoms with van der Waals surface area (Å²) in [6.07, 6.45) is 0. The van der Waals surface area contributed by atoms with Gasteiger partial charge >= 0.3 is 0 Å². The number of anilines is 1. The molecular weight excluding hydrogens is 449 g/mol. The molecule has 1 aliphatic heterocycles. The summed E-state index contributed by atoms with van der Waals surface area (Å²) in [4.78, 5) is 27.3. The lowest BCUT2D eigenvalue weighted by atomic mass is 9.95. The molecule has 1 atom stereocenters. The molecule has 0 aromatic heterocycles. The van der Waals surface area contributed by atoms with Crippen LogP contribution in [0.2, 0.25) is 0 Å². The molecule has 3 aromatic carbocycles. The summed E-state index contributed by atoms with van der Waals surface area (Å²) in [5.74, 6) is -2.26. The summed E-state index contributed by atoms with van der Waals surface area (Å²) in [7, 11) is 0. The molecule has 0 radical (unpaired) electrons. The molecule has 3 aromatic rings. The van der Waals surface area contributed by atoms with E-state index in [4.69, 9.17) is 0 Å². The Labute approximate surface area is 181 Å². The SMILES string of the molecule is Cc1ccc(C(O)=C2C(=O)C(=O)N(c3ccc(F)cc3)[C@H]2c2ccc(Br)cc2)cc1. The number of rotatable bonds is 3. The van der Waals surface area contributed by atoms with Gasteiger partial charge in [0.1, 0.15) is 11.6 Å². The van der Waals surface area contributed by atoms with Gasteiger partial charge in [-0.05, 0) is 48.9 Å². The Balaban J connectivity index is 1.93. The Bertz CT molecular complexity index is 1150. The third-order valence-corrected chi connectivity index (χ3v) is 5.59. The van der Waals surface area contributed by atoms with Gasteiger partial charge < -0.3 is 5.11 Å². The summed E-state index contributed by atoms with van der Waals surface area (Å²) in [5, 5.41) is 11.0. The molecular formula is C24H17BrFNO3. The third-order valence-electron chi connectivity index (χ3n) is 5.06. The van der Waals surface area contributed by atoms with Gasteiger partial charge in [-0.25, -0.2) is 4.39 Å². The predicted molar refractivity (Wildman–Crippen MR) is 117 cm³/mol. The molecule has 1 saturated heterocycles. The van der Waals surface area contributed by atoms with E-state index >= 15 is 0 Å². The summed E-state index contributed by atoms with van der Waals surface area (Å²) in [5.41, 5.74) is 2.46. The monoisotopic (exact) mass is 465 g/mol. The van der Waals surface area contributed by atoms with Crippen LogP contribution in [0.25, 0.3) is 5.76 Å². The zero-order chi connectivity index (χ0) is 21.4. The molecule has 0 unspecified atom stereocenters. The van der Waals surface area contributed by atoms with Gasteiger partial charge in [-0.2, -0.15) is 0 Å². The number of aliphatic hydroxyl groups excluding tert-OH is 1. The lowest BCUT2D eigenvalue weighted by molar-refractivity contribution is -0.132. The molecule has 150 valence electrons. The maximum atomic E-state index is 13.4. The van der Waals surface area contributed by atoms with Crippen LogP contribution in [0, 0.1) is 12.7 Å². The van der Waals surface area contributed by atoms with Crippen LogP contribution in [0.5, 0.6) is 0 Å². The molecule has 4 rings (SSSR count). The zero-order valence-corrected chi connectivity index (χ0v) is 17.6. The minimum Gasteiger partial charge on any atom is -0.507 e. The first-order valence-electron chi connectivity index (χ1n) is 9.26. The number of aliphatic hydroxyl groups is 1. The Morgan fingerprint density at radius 1 is 0.933 bits per heavy atom. The molecule has 1 heterocycles. The van der Waals surface area contributed by atoms with Gasteiger partial charge in [0.15, 0.2) is 0 Å². The molecule has 1 N–H and O–H groups in total. The topological polar surface area (TPSA) is 57.6 Å². The molecule has 1 amide bonds. The van der Waals surface area contributed by atoms with Gasteiger partial charge in [-0.3, -0.25) is 14.5 Å². The van der Waals surface area contributed by atoms with Gasteiger partial charge in [0, 0.05) is 15.7 Å². The van der Waals surface area contributed by atoms with Gasteiger partial charge in [0.2, 0.25) is 0 Å². The molecule has 30 heavy (non-hydrogen) atoms. The van der Waals surface area contributed by atoms with E-state index < -0.39 is 23.5 Å². The minimum absolute atomic E-state index is 0.00417. The van der Waals surface area contributed by atoms with Crippen molar-refractivity contribution in [3.05, 3.63) is 105 Å². The maximum Gasteiger partial charge on any atom is 0.300 e. The Morgan fingerprint density at radius 2 is 1.53 bits per heavy atom. The molecule has 1 fully saturated rings. The minimum atomic E-state index is -0.843.